The molecule has 2 aliphatic heterocycles. The Morgan fingerprint density at radius 3 is 2.72 bits per heavy atom. The summed E-state index contributed by atoms with van der Waals surface area (Å²) in [5.74, 6) is 3.42. The molecule has 5 rings (SSSR count). The van der Waals surface area contributed by atoms with Gasteiger partial charge in [0.1, 0.15) is 5.82 Å². The molecular formula is C30H37N7O2. The Morgan fingerprint density at radius 1 is 1.21 bits per heavy atom. The van der Waals surface area contributed by atoms with Gasteiger partial charge in [0, 0.05) is 51.8 Å². The number of fused-ring (bicyclic) bond motifs is 2. The maximum Gasteiger partial charge on any atom is 0.318 e. The summed E-state index contributed by atoms with van der Waals surface area (Å²) in [7, 11) is 7.21. The topological polar surface area (TPSA) is 79.6 Å². The molecule has 9 nitrogen and oxygen atoms in total. The molecule has 4 heterocycles. The van der Waals surface area contributed by atoms with Crippen molar-refractivity contribution < 1.29 is 9.53 Å². The zero-order valence-electron chi connectivity index (χ0n) is 23.6. The predicted octanol–water partition coefficient (Wildman–Crippen LogP) is 3.46. The molecule has 2 aromatic heterocycles. The maximum absolute atomic E-state index is 12.8. The summed E-state index contributed by atoms with van der Waals surface area (Å²) in [6.07, 6.45) is 9.72. The average molecular weight is 528 g/mol. The third-order valence-corrected chi connectivity index (χ3v) is 7.74. The lowest BCUT2D eigenvalue weighted by Gasteiger charge is -2.37. The van der Waals surface area contributed by atoms with E-state index in [-0.39, 0.29) is 11.9 Å². The molecule has 0 bridgehead atoms. The highest BCUT2D eigenvalue weighted by Gasteiger charge is 2.33. The van der Waals surface area contributed by atoms with E-state index in [1.54, 1.807) is 21.2 Å². The smallest absolute Gasteiger partial charge is 0.318 e. The lowest BCUT2D eigenvalue weighted by Crippen LogP contribution is -2.35. The van der Waals surface area contributed by atoms with Gasteiger partial charge in [-0.05, 0) is 31.0 Å². The Hall–Kier alpha value is -3.90. The van der Waals surface area contributed by atoms with Gasteiger partial charge in [-0.1, -0.05) is 43.5 Å². The number of methoxy groups -OCH3 is 1. The molecule has 204 valence electrons. The van der Waals surface area contributed by atoms with Crippen LogP contribution in [-0.2, 0) is 32.5 Å². The van der Waals surface area contributed by atoms with Gasteiger partial charge in [-0.2, -0.15) is 15.1 Å². The number of nitrogens with zero attached hydrogens (tertiary/aromatic N) is 7. The van der Waals surface area contributed by atoms with Gasteiger partial charge in [0.2, 0.25) is 0 Å². The molecule has 0 spiro atoms. The number of aryl methyl sites for hydroxylation is 2. The lowest BCUT2D eigenvalue weighted by atomic mass is 9.89. The van der Waals surface area contributed by atoms with Crippen molar-refractivity contribution in [3.05, 3.63) is 63.6 Å². The fourth-order valence-electron chi connectivity index (χ4n) is 5.79. The monoisotopic (exact) mass is 527 g/mol. The van der Waals surface area contributed by atoms with Gasteiger partial charge in [0.05, 0.1) is 30.6 Å². The Balaban J connectivity index is 1.54. The Labute approximate surface area is 230 Å². The number of ether oxygens (including phenoxy) is 1. The molecule has 1 atom stereocenters. The maximum atomic E-state index is 12.8. The minimum atomic E-state index is -0.188. The number of carbonyl (C=O) groups is 1. The number of benzene rings is 1. The van der Waals surface area contributed by atoms with Crippen LogP contribution in [0.25, 0.3) is 0 Å². The van der Waals surface area contributed by atoms with Crippen molar-refractivity contribution in [1.29, 1.82) is 0 Å². The average Bonchev–Trinajstić information content (AvgIpc) is 3.14. The third kappa shape index (κ3) is 4.97. The molecule has 2 aliphatic rings. The summed E-state index contributed by atoms with van der Waals surface area (Å²) in [5, 5.41) is 4.62. The number of amides is 1. The van der Waals surface area contributed by atoms with Gasteiger partial charge >= 0.3 is 6.01 Å². The SMILES string of the molecule is C#Cc1c(C(=O)N(C)C)nn2c1CN(c1nc(OC)nc3c1CN(C)C(c1ccccc1CCC)C3)CCC2. The van der Waals surface area contributed by atoms with E-state index in [9.17, 15) is 4.79 Å². The van der Waals surface area contributed by atoms with E-state index in [2.05, 4.69) is 59.1 Å². The fraction of sp³-hybridized carbons (Fsp3) is 0.467. The van der Waals surface area contributed by atoms with Crippen LogP contribution in [0.4, 0.5) is 5.82 Å². The number of rotatable bonds is 6. The largest absolute Gasteiger partial charge is 0.467 e. The van der Waals surface area contributed by atoms with Crippen molar-refractivity contribution in [3.8, 4) is 18.4 Å². The second kappa shape index (κ2) is 11.1. The van der Waals surface area contributed by atoms with Gasteiger partial charge in [-0.25, -0.2) is 0 Å². The molecule has 0 radical (unpaired) electrons. The van der Waals surface area contributed by atoms with Crippen molar-refractivity contribution in [1.82, 2.24) is 29.5 Å². The first-order chi connectivity index (χ1) is 18.9. The first-order valence-corrected chi connectivity index (χ1v) is 13.6. The number of hydrogen-bond acceptors (Lipinski definition) is 7. The van der Waals surface area contributed by atoms with Crippen LogP contribution in [-0.4, -0.2) is 70.3 Å². The van der Waals surface area contributed by atoms with Crippen molar-refractivity contribution >= 4 is 11.7 Å². The van der Waals surface area contributed by atoms with Gasteiger partial charge in [0.15, 0.2) is 5.69 Å². The summed E-state index contributed by atoms with van der Waals surface area (Å²) in [6, 6.07) is 9.34. The minimum absolute atomic E-state index is 0.188. The van der Waals surface area contributed by atoms with E-state index >= 15 is 0 Å². The Morgan fingerprint density at radius 2 is 2.00 bits per heavy atom. The van der Waals surface area contributed by atoms with E-state index in [1.807, 2.05) is 4.68 Å². The molecule has 1 amide bonds. The molecule has 0 N–H and O–H groups in total. The summed E-state index contributed by atoms with van der Waals surface area (Å²) in [5.41, 5.74) is 6.64. The summed E-state index contributed by atoms with van der Waals surface area (Å²) >= 11 is 0. The van der Waals surface area contributed by atoms with E-state index in [4.69, 9.17) is 21.1 Å². The number of aromatic nitrogens is 4. The van der Waals surface area contributed by atoms with Crippen molar-refractivity contribution in [3.63, 3.8) is 0 Å². The van der Waals surface area contributed by atoms with Gasteiger partial charge in [-0.15, -0.1) is 6.42 Å². The number of carbonyl (C=O) groups excluding carboxylic acids is 1. The van der Waals surface area contributed by atoms with Crippen LogP contribution in [0.3, 0.4) is 0 Å². The number of likely N-dealkylation sites (N-methyl/N-ethyl adjacent to an activating group) is 1. The molecule has 0 fully saturated rings. The normalized spacial score (nSPS) is 17.1. The second-order valence-electron chi connectivity index (χ2n) is 10.6. The van der Waals surface area contributed by atoms with Gasteiger partial charge < -0.3 is 14.5 Å². The van der Waals surface area contributed by atoms with Crippen LogP contribution in [0.5, 0.6) is 6.01 Å². The number of anilines is 1. The van der Waals surface area contributed by atoms with E-state index in [1.165, 1.54) is 16.0 Å². The van der Waals surface area contributed by atoms with E-state index < -0.39 is 0 Å². The number of terminal acetylenes is 1. The molecule has 0 saturated heterocycles. The van der Waals surface area contributed by atoms with Crippen molar-refractivity contribution in [2.45, 2.75) is 58.3 Å². The Bertz CT molecular complexity index is 1420. The molecule has 9 heteroatoms. The van der Waals surface area contributed by atoms with E-state index in [0.29, 0.717) is 30.4 Å². The van der Waals surface area contributed by atoms with Crippen molar-refractivity contribution in [2.24, 2.45) is 0 Å². The zero-order valence-corrected chi connectivity index (χ0v) is 23.6. The molecule has 3 aromatic rings. The molecule has 1 unspecified atom stereocenters. The summed E-state index contributed by atoms with van der Waals surface area (Å²) < 4.78 is 7.48. The van der Waals surface area contributed by atoms with E-state index in [0.717, 1.165) is 61.5 Å². The summed E-state index contributed by atoms with van der Waals surface area (Å²) in [4.78, 5) is 28.6. The highest BCUT2D eigenvalue weighted by Crippen LogP contribution is 2.38. The highest BCUT2D eigenvalue weighted by atomic mass is 16.5. The van der Waals surface area contributed by atoms with Crippen LogP contribution >= 0.6 is 0 Å². The predicted molar refractivity (Wildman–Crippen MR) is 151 cm³/mol. The van der Waals surface area contributed by atoms with Crippen LogP contribution in [0.15, 0.2) is 24.3 Å². The van der Waals surface area contributed by atoms with Crippen LogP contribution in [0.2, 0.25) is 0 Å². The fourth-order valence-corrected chi connectivity index (χ4v) is 5.79. The third-order valence-electron chi connectivity index (χ3n) is 7.74. The summed E-state index contributed by atoms with van der Waals surface area (Å²) in [6.45, 7) is 4.92. The molecule has 39 heavy (non-hydrogen) atoms. The van der Waals surface area contributed by atoms with Gasteiger partial charge in [0.25, 0.3) is 5.91 Å². The minimum Gasteiger partial charge on any atom is -0.467 e. The molecular weight excluding hydrogens is 490 g/mol. The number of hydrogen-bond donors (Lipinski definition) is 0. The molecule has 0 aliphatic carbocycles. The Kier molecular flexibility index (Phi) is 7.58. The molecule has 0 saturated carbocycles. The van der Waals surface area contributed by atoms with Gasteiger partial charge in [-0.3, -0.25) is 14.4 Å². The highest BCUT2D eigenvalue weighted by molar-refractivity contribution is 5.94. The van der Waals surface area contributed by atoms with Crippen LogP contribution in [0, 0.1) is 12.3 Å². The van der Waals surface area contributed by atoms with Crippen LogP contribution in [0.1, 0.15) is 69.9 Å². The first kappa shape index (κ1) is 26.7. The first-order valence-electron chi connectivity index (χ1n) is 13.6. The standard InChI is InChI=1S/C30H37N7O2/c1-7-12-20-13-9-10-14-22(20)25-17-24-23(18-35(25)5)28(32-30(31-24)39-6)36-15-11-16-37-26(19-36)21(8-2)27(33-37)29(38)34(3)4/h2,9-10,13-14,25H,7,11-12,15-19H2,1,3-6H3. The van der Waals surface area contributed by atoms with Crippen molar-refractivity contribution in [2.75, 3.05) is 39.7 Å². The van der Waals surface area contributed by atoms with Crippen LogP contribution < -0.4 is 9.64 Å². The second-order valence-corrected chi connectivity index (χ2v) is 10.6. The lowest BCUT2D eigenvalue weighted by molar-refractivity contribution is 0.0820. The zero-order chi connectivity index (χ0) is 27.7. The quantitative estimate of drug-likeness (QED) is 0.454. The molecule has 1 aromatic carbocycles.